The SMILES string of the molecule is CC/C=C\C/C=C\C/C=C\CCCCCCCCCC(=O)NCCOP(=O)(O)OCC(O)COC(=O)CCCCC/C=C\C/C=C\C/C=C\C/C=C\CCCCC. The van der Waals surface area contributed by atoms with Gasteiger partial charge in [0.1, 0.15) is 12.7 Å². The molecule has 0 heterocycles. The summed E-state index contributed by atoms with van der Waals surface area (Å²) in [6, 6.07) is 0. The van der Waals surface area contributed by atoms with Gasteiger partial charge in [0.05, 0.1) is 13.2 Å². The van der Waals surface area contributed by atoms with Crippen LogP contribution < -0.4 is 5.32 Å². The Morgan fingerprint density at radius 2 is 1.00 bits per heavy atom. The molecule has 2 atom stereocenters. The summed E-state index contributed by atoms with van der Waals surface area (Å²) in [4.78, 5) is 33.9. The molecule has 0 aromatic carbocycles. The third-order valence-corrected chi connectivity index (χ3v) is 9.79. The first-order valence-corrected chi connectivity index (χ1v) is 23.6. The minimum atomic E-state index is -4.43. The number of esters is 1. The van der Waals surface area contributed by atoms with Gasteiger partial charge in [-0.25, -0.2) is 4.57 Å². The summed E-state index contributed by atoms with van der Waals surface area (Å²) in [6.07, 6.45) is 53.6. The highest BCUT2D eigenvalue weighted by Gasteiger charge is 2.23. The van der Waals surface area contributed by atoms with Crippen molar-refractivity contribution in [3.05, 3.63) is 85.1 Å². The number of rotatable bonds is 40. The highest BCUT2D eigenvalue weighted by Crippen LogP contribution is 2.42. The molecule has 9 nitrogen and oxygen atoms in total. The molecular formula is C47H80NO8P. The summed E-state index contributed by atoms with van der Waals surface area (Å²) in [5.74, 6) is -0.564. The van der Waals surface area contributed by atoms with Gasteiger partial charge in [-0.2, -0.15) is 0 Å². The quantitative estimate of drug-likeness (QED) is 0.0241. The standard InChI is InChI=1S/C47H80NO8P/c1-3-5-7-9-11-13-15-17-19-21-22-24-26-28-30-32-34-36-38-40-47(51)54-43-45(49)44-56-57(52,53)55-42-41-48-46(50)39-37-35-33-31-29-27-25-23-20-18-16-14-12-10-8-6-4-2/h6,8,11-14,17-20,22,24,28,30,45,49H,3-5,7,9-10,15-16,21,23,25-27,29,31-44H2,1-2H3,(H,48,50)(H,52,53)/b8-6-,13-11-,14-12-,19-17-,20-18-,24-22-,30-28-. The number of carbonyl (C=O) groups excluding carboxylic acids is 2. The molecule has 57 heavy (non-hydrogen) atoms. The second-order valence-corrected chi connectivity index (χ2v) is 15.7. The van der Waals surface area contributed by atoms with E-state index in [1.807, 2.05) is 0 Å². The lowest BCUT2D eigenvalue weighted by Crippen LogP contribution is -2.27. The minimum absolute atomic E-state index is 0.0670. The molecule has 0 aromatic heterocycles. The van der Waals surface area contributed by atoms with E-state index in [0.717, 1.165) is 83.5 Å². The highest BCUT2D eigenvalue weighted by molar-refractivity contribution is 7.47. The summed E-state index contributed by atoms with van der Waals surface area (Å²) in [5, 5.41) is 12.7. The first kappa shape index (κ1) is 54.2. The molecule has 10 heteroatoms. The fourth-order valence-electron chi connectivity index (χ4n) is 5.49. The Labute approximate surface area is 347 Å². The maximum Gasteiger partial charge on any atom is 0.472 e. The van der Waals surface area contributed by atoms with Crippen molar-refractivity contribution in [2.75, 3.05) is 26.4 Å². The number of ether oxygens (including phenoxy) is 1. The Morgan fingerprint density at radius 3 is 1.53 bits per heavy atom. The van der Waals surface area contributed by atoms with Gasteiger partial charge in [0, 0.05) is 19.4 Å². The lowest BCUT2D eigenvalue weighted by atomic mass is 10.1. The number of aliphatic hydroxyl groups is 1. The van der Waals surface area contributed by atoms with E-state index in [-0.39, 0.29) is 32.1 Å². The molecule has 0 fully saturated rings. The van der Waals surface area contributed by atoms with Crippen molar-refractivity contribution in [2.45, 2.75) is 174 Å². The number of hydrogen-bond acceptors (Lipinski definition) is 7. The van der Waals surface area contributed by atoms with Gasteiger partial charge >= 0.3 is 13.8 Å². The van der Waals surface area contributed by atoms with Crippen molar-refractivity contribution in [3.63, 3.8) is 0 Å². The van der Waals surface area contributed by atoms with Crippen LogP contribution in [-0.2, 0) is 27.9 Å². The molecule has 0 aliphatic carbocycles. The zero-order chi connectivity index (χ0) is 41.8. The van der Waals surface area contributed by atoms with Crippen LogP contribution in [0.3, 0.4) is 0 Å². The Bertz CT molecular complexity index is 1210. The van der Waals surface area contributed by atoms with Crippen LogP contribution in [0.25, 0.3) is 0 Å². The lowest BCUT2D eigenvalue weighted by molar-refractivity contribution is -0.147. The molecule has 0 aromatic rings. The highest BCUT2D eigenvalue weighted by atomic mass is 31.2. The van der Waals surface area contributed by atoms with Crippen LogP contribution in [-0.4, -0.2) is 54.3 Å². The second kappa shape index (κ2) is 42.8. The Hall–Kier alpha value is -2.81. The molecule has 0 spiro atoms. The van der Waals surface area contributed by atoms with Crippen LogP contribution in [0.4, 0.5) is 0 Å². The first-order valence-electron chi connectivity index (χ1n) is 22.1. The van der Waals surface area contributed by atoms with Crippen LogP contribution in [0.2, 0.25) is 0 Å². The molecule has 0 rings (SSSR count). The number of carbonyl (C=O) groups is 2. The third-order valence-electron chi connectivity index (χ3n) is 8.81. The average Bonchev–Trinajstić information content (AvgIpc) is 3.20. The van der Waals surface area contributed by atoms with Gasteiger partial charge in [0.15, 0.2) is 0 Å². The molecule has 0 aliphatic heterocycles. The van der Waals surface area contributed by atoms with Gasteiger partial charge < -0.3 is 20.1 Å². The van der Waals surface area contributed by atoms with Crippen molar-refractivity contribution in [1.29, 1.82) is 0 Å². The zero-order valence-corrected chi connectivity index (χ0v) is 36.6. The minimum Gasteiger partial charge on any atom is -0.463 e. The molecule has 3 N–H and O–H groups in total. The van der Waals surface area contributed by atoms with Crippen molar-refractivity contribution in [3.8, 4) is 0 Å². The van der Waals surface area contributed by atoms with E-state index in [1.54, 1.807) is 0 Å². The largest absolute Gasteiger partial charge is 0.472 e. The molecule has 0 saturated heterocycles. The number of hydrogen-bond donors (Lipinski definition) is 3. The van der Waals surface area contributed by atoms with Gasteiger partial charge in [-0.1, -0.05) is 150 Å². The van der Waals surface area contributed by atoms with Gasteiger partial charge in [-0.15, -0.1) is 0 Å². The van der Waals surface area contributed by atoms with E-state index in [4.69, 9.17) is 13.8 Å². The molecule has 0 radical (unpaired) electrons. The van der Waals surface area contributed by atoms with Gasteiger partial charge in [0.25, 0.3) is 0 Å². The van der Waals surface area contributed by atoms with Crippen LogP contribution in [0.5, 0.6) is 0 Å². The average molecular weight is 818 g/mol. The van der Waals surface area contributed by atoms with E-state index >= 15 is 0 Å². The van der Waals surface area contributed by atoms with Gasteiger partial charge in [-0.05, 0) is 89.9 Å². The van der Waals surface area contributed by atoms with E-state index in [9.17, 15) is 24.2 Å². The summed E-state index contributed by atoms with van der Waals surface area (Å²) in [7, 11) is -4.43. The van der Waals surface area contributed by atoms with E-state index < -0.39 is 26.5 Å². The van der Waals surface area contributed by atoms with Crippen molar-refractivity contribution < 1.29 is 37.9 Å². The predicted molar refractivity (Wildman–Crippen MR) is 238 cm³/mol. The van der Waals surface area contributed by atoms with Crippen LogP contribution in [0.1, 0.15) is 168 Å². The van der Waals surface area contributed by atoms with E-state index in [0.29, 0.717) is 12.8 Å². The summed E-state index contributed by atoms with van der Waals surface area (Å²) in [5.41, 5.74) is 0. The molecule has 0 aliphatic rings. The second-order valence-electron chi connectivity index (χ2n) is 14.3. The summed E-state index contributed by atoms with van der Waals surface area (Å²) < 4.78 is 26.9. The number of phosphoric ester groups is 1. The Kier molecular flexibility index (Phi) is 40.7. The maximum absolute atomic E-state index is 12.1. The number of nitrogens with one attached hydrogen (secondary N) is 1. The molecule has 2 unspecified atom stereocenters. The topological polar surface area (TPSA) is 131 Å². The van der Waals surface area contributed by atoms with Crippen molar-refractivity contribution in [2.24, 2.45) is 0 Å². The van der Waals surface area contributed by atoms with Crippen LogP contribution in [0.15, 0.2) is 85.1 Å². The Morgan fingerprint density at radius 1 is 0.561 bits per heavy atom. The molecular weight excluding hydrogens is 737 g/mol. The summed E-state index contributed by atoms with van der Waals surface area (Å²) >= 11 is 0. The third kappa shape index (κ3) is 44.1. The number of amides is 1. The number of allylic oxidation sites excluding steroid dienone is 14. The normalized spacial score (nSPS) is 14.1. The monoisotopic (exact) mass is 818 g/mol. The maximum atomic E-state index is 12.1. The number of unbranched alkanes of at least 4 members (excludes halogenated alkanes) is 13. The molecule has 0 saturated carbocycles. The van der Waals surface area contributed by atoms with Crippen molar-refractivity contribution in [1.82, 2.24) is 5.32 Å². The molecule has 0 bridgehead atoms. The zero-order valence-electron chi connectivity index (χ0n) is 35.8. The number of phosphoric acid groups is 1. The van der Waals surface area contributed by atoms with Gasteiger partial charge in [0.2, 0.25) is 5.91 Å². The van der Waals surface area contributed by atoms with Gasteiger partial charge in [-0.3, -0.25) is 18.6 Å². The smallest absolute Gasteiger partial charge is 0.463 e. The molecule has 1 amide bonds. The first-order chi connectivity index (χ1) is 27.8. The predicted octanol–water partition coefficient (Wildman–Crippen LogP) is 12.4. The fourth-order valence-corrected chi connectivity index (χ4v) is 6.25. The van der Waals surface area contributed by atoms with Crippen LogP contribution >= 0.6 is 7.82 Å². The summed E-state index contributed by atoms with van der Waals surface area (Å²) in [6.45, 7) is 3.35. The van der Waals surface area contributed by atoms with Crippen molar-refractivity contribution >= 4 is 19.7 Å². The van der Waals surface area contributed by atoms with Crippen LogP contribution in [0, 0.1) is 0 Å². The van der Waals surface area contributed by atoms with E-state index in [2.05, 4.69) is 104 Å². The lowest BCUT2D eigenvalue weighted by Gasteiger charge is -2.15. The fraction of sp³-hybridized carbons (Fsp3) is 0.660. The Balaban J connectivity index is 3.69. The van der Waals surface area contributed by atoms with E-state index in [1.165, 1.54) is 51.4 Å². The molecule has 326 valence electrons. The number of aliphatic hydroxyl groups excluding tert-OH is 1.